The van der Waals surface area contributed by atoms with E-state index in [0.29, 0.717) is 11.6 Å². The van der Waals surface area contributed by atoms with Crippen molar-refractivity contribution in [2.45, 2.75) is 45.2 Å². The third-order valence-corrected chi connectivity index (χ3v) is 3.73. The summed E-state index contributed by atoms with van der Waals surface area (Å²) in [5, 5.41) is 0. The highest BCUT2D eigenvalue weighted by atomic mass is 15.2. The lowest BCUT2D eigenvalue weighted by Crippen LogP contribution is -2.49. The number of nitrogens with zero attached hydrogens (tertiary/aromatic N) is 1. The average molecular weight is 182 g/mol. The van der Waals surface area contributed by atoms with Gasteiger partial charge in [0.1, 0.15) is 0 Å². The number of nitrogens with two attached hydrogens (primary N) is 1. The SMILES string of the molecule is CC(C)(C)N1CC2CC(N)C(C2)C1. The molecule has 1 heterocycles. The van der Waals surface area contributed by atoms with Gasteiger partial charge in [-0.15, -0.1) is 0 Å². The summed E-state index contributed by atoms with van der Waals surface area (Å²) in [5.74, 6) is 1.66. The first-order valence-electron chi connectivity index (χ1n) is 5.47. The van der Waals surface area contributed by atoms with Crippen LogP contribution in [-0.2, 0) is 0 Å². The Balaban J connectivity index is 2.05. The van der Waals surface area contributed by atoms with Gasteiger partial charge >= 0.3 is 0 Å². The van der Waals surface area contributed by atoms with Crippen LogP contribution in [0.2, 0.25) is 0 Å². The van der Waals surface area contributed by atoms with Gasteiger partial charge in [-0.3, -0.25) is 4.90 Å². The van der Waals surface area contributed by atoms with Gasteiger partial charge in [0.05, 0.1) is 0 Å². The number of fused-ring (bicyclic) bond motifs is 2. The largest absolute Gasteiger partial charge is 0.327 e. The van der Waals surface area contributed by atoms with E-state index >= 15 is 0 Å². The summed E-state index contributed by atoms with van der Waals surface area (Å²) in [6, 6.07) is 0.484. The molecule has 0 aromatic heterocycles. The lowest BCUT2D eigenvalue weighted by molar-refractivity contribution is 0.0721. The minimum Gasteiger partial charge on any atom is -0.327 e. The van der Waals surface area contributed by atoms with Gasteiger partial charge in [0.15, 0.2) is 0 Å². The van der Waals surface area contributed by atoms with E-state index in [1.54, 1.807) is 0 Å². The Morgan fingerprint density at radius 1 is 1.15 bits per heavy atom. The summed E-state index contributed by atoms with van der Waals surface area (Å²) < 4.78 is 0. The first-order chi connectivity index (χ1) is 5.97. The van der Waals surface area contributed by atoms with Crippen LogP contribution in [0.4, 0.5) is 0 Å². The van der Waals surface area contributed by atoms with Crippen molar-refractivity contribution in [2.24, 2.45) is 17.6 Å². The van der Waals surface area contributed by atoms with E-state index < -0.39 is 0 Å². The van der Waals surface area contributed by atoms with Crippen molar-refractivity contribution < 1.29 is 0 Å². The molecule has 1 aliphatic heterocycles. The van der Waals surface area contributed by atoms with Crippen molar-refractivity contribution >= 4 is 0 Å². The van der Waals surface area contributed by atoms with Crippen LogP contribution in [0, 0.1) is 11.8 Å². The fraction of sp³-hybridized carbons (Fsp3) is 1.00. The lowest BCUT2D eigenvalue weighted by Gasteiger charge is -2.41. The van der Waals surface area contributed by atoms with Gasteiger partial charge in [-0.1, -0.05) is 0 Å². The molecule has 0 amide bonds. The summed E-state index contributed by atoms with van der Waals surface area (Å²) in [4.78, 5) is 2.61. The van der Waals surface area contributed by atoms with E-state index in [2.05, 4.69) is 25.7 Å². The molecule has 1 saturated carbocycles. The summed E-state index contributed by atoms with van der Waals surface area (Å²) in [5.41, 5.74) is 6.43. The van der Waals surface area contributed by atoms with Gasteiger partial charge in [0.25, 0.3) is 0 Å². The first-order valence-corrected chi connectivity index (χ1v) is 5.47. The van der Waals surface area contributed by atoms with Gasteiger partial charge in [0, 0.05) is 24.7 Å². The van der Waals surface area contributed by atoms with E-state index in [1.165, 1.54) is 25.9 Å². The Morgan fingerprint density at radius 3 is 2.38 bits per heavy atom. The fourth-order valence-corrected chi connectivity index (χ4v) is 2.85. The molecule has 0 radical (unpaired) electrons. The number of likely N-dealkylation sites (tertiary alicyclic amines) is 1. The van der Waals surface area contributed by atoms with Gasteiger partial charge in [-0.25, -0.2) is 0 Å². The lowest BCUT2D eigenvalue weighted by atomic mass is 9.93. The molecule has 2 fully saturated rings. The third-order valence-electron chi connectivity index (χ3n) is 3.73. The van der Waals surface area contributed by atoms with Crippen LogP contribution in [0.3, 0.4) is 0 Å². The maximum atomic E-state index is 6.10. The fourth-order valence-electron chi connectivity index (χ4n) is 2.85. The molecule has 76 valence electrons. The summed E-state index contributed by atoms with van der Waals surface area (Å²) in [6.07, 6.45) is 2.64. The molecule has 3 unspecified atom stereocenters. The normalized spacial score (nSPS) is 41.1. The van der Waals surface area contributed by atoms with E-state index in [0.717, 1.165) is 11.8 Å². The van der Waals surface area contributed by atoms with Crippen molar-refractivity contribution in [3.63, 3.8) is 0 Å². The maximum absolute atomic E-state index is 6.10. The molecule has 0 aromatic rings. The number of rotatable bonds is 0. The van der Waals surface area contributed by atoms with Crippen LogP contribution in [0.15, 0.2) is 0 Å². The van der Waals surface area contributed by atoms with E-state index in [-0.39, 0.29) is 0 Å². The molecule has 2 rings (SSSR count). The zero-order valence-electron chi connectivity index (χ0n) is 9.09. The molecule has 1 aliphatic carbocycles. The average Bonchev–Trinajstić information content (AvgIpc) is 2.24. The molecule has 2 heteroatoms. The minimum absolute atomic E-state index is 0.334. The minimum atomic E-state index is 0.334. The van der Waals surface area contributed by atoms with Crippen molar-refractivity contribution in [3.8, 4) is 0 Å². The molecule has 0 aromatic carbocycles. The quantitative estimate of drug-likeness (QED) is 0.614. The summed E-state index contributed by atoms with van der Waals surface area (Å²) in [7, 11) is 0. The van der Waals surface area contributed by atoms with Crippen molar-refractivity contribution in [1.29, 1.82) is 0 Å². The maximum Gasteiger partial charge on any atom is 0.0125 e. The Labute approximate surface area is 81.5 Å². The summed E-state index contributed by atoms with van der Waals surface area (Å²) in [6.45, 7) is 9.42. The Morgan fingerprint density at radius 2 is 1.85 bits per heavy atom. The smallest absolute Gasteiger partial charge is 0.0125 e. The molecule has 2 bridgehead atoms. The predicted octanol–water partition coefficient (Wildman–Crippen LogP) is 1.45. The summed E-state index contributed by atoms with van der Waals surface area (Å²) >= 11 is 0. The van der Waals surface area contributed by atoms with E-state index in [1.807, 2.05) is 0 Å². The van der Waals surface area contributed by atoms with Crippen LogP contribution in [0.1, 0.15) is 33.6 Å². The van der Waals surface area contributed by atoms with E-state index in [9.17, 15) is 0 Å². The molecule has 13 heavy (non-hydrogen) atoms. The zero-order valence-corrected chi connectivity index (χ0v) is 9.09. The first kappa shape index (κ1) is 9.47. The predicted molar refractivity (Wildman–Crippen MR) is 55.5 cm³/mol. The monoisotopic (exact) mass is 182 g/mol. The van der Waals surface area contributed by atoms with E-state index in [4.69, 9.17) is 5.73 Å². The van der Waals surface area contributed by atoms with Crippen molar-refractivity contribution in [1.82, 2.24) is 4.90 Å². The number of hydrogen-bond acceptors (Lipinski definition) is 2. The van der Waals surface area contributed by atoms with Gasteiger partial charge < -0.3 is 5.73 Å². The van der Waals surface area contributed by atoms with Crippen LogP contribution in [-0.4, -0.2) is 29.6 Å². The van der Waals surface area contributed by atoms with Crippen molar-refractivity contribution in [3.05, 3.63) is 0 Å². The number of piperidine rings is 1. The highest BCUT2D eigenvalue weighted by Gasteiger charge is 2.40. The van der Waals surface area contributed by atoms with Gasteiger partial charge in [-0.2, -0.15) is 0 Å². The standard InChI is InChI=1S/C11H22N2/c1-11(2,3)13-6-8-4-9(7-13)10(12)5-8/h8-10H,4-7,12H2,1-3H3. The second-order valence-electron chi connectivity index (χ2n) is 5.84. The molecular formula is C11H22N2. The van der Waals surface area contributed by atoms with Crippen molar-refractivity contribution in [2.75, 3.05) is 13.1 Å². The molecule has 2 aliphatic rings. The van der Waals surface area contributed by atoms with Crippen LogP contribution >= 0.6 is 0 Å². The molecule has 3 atom stereocenters. The topological polar surface area (TPSA) is 29.3 Å². The van der Waals surface area contributed by atoms with Gasteiger partial charge in [0.2, 0.25) is 0 Å². The van der Waals surface area contributed by atoms with Crippen LogP contribution < -0.4 is 5.73 Å². The number of hydrogen-bond donors (Lipinski definition) is 1. The zero-order chi connectivity index (χ0) is 9.64. The molecule has 2 nitrogen and oxygen atoms in total. The van der Waals surface area contributed by atoms with Gasteiger partial charge in [-0.05, 0) is 45.4 Å². The van der Waals surface area contributed by atoms with Crippen LogP contribution in [0.5, 0.6) is 0 Å². The molecular weight excluding hydrogens is 160 g/mol. The highest BCUT2D eigenvalue weighted by Crippen LogP contribution is 2.37. The Bertz CT molecular complexity index is 193. The third kappa shape index (κ3) is 1.75. The molecule has 2 N–H and O–H groups in total. The highest BCUT2D eigenvalue weighted by molar-refractivity contribution is 4.96. The molecule has 1 saturated heterocycles. The molecule has 0 spiro atoms. The van der Waals surface area contributed by atoms with Crippen LogP contribution in [0.25, 0.3) is 0 Å². The Hall–Kier alpha value is -0.0800. The Kier molecular flexibility index (Phi) is 2.16. The second kappa shape index (κ2) is 2.96. The second-order valence-corrected chi connectivity index (χ2v) is 5.84.